The molecule has 1 saturated carbocycles. The molecule has 0 spiro atoms. The zero-order valence-electron chi connectivity index (χ0n) is 34.4. The van der Waals surface area contributed by atoms with E-state index < -0.39 is 0 Å². The van der Waals surface area contributed by atoms with E-state index in [0.29, 0.717) is 0 Å². The Labute approximate surface area is 348 Å². The minimum atomic E-state index is -0.0817. The second-order valence-electron chi connectivity index (χ2n) is 18.1. The summed E-state index contributed by atoms with van der Waals surface area (Å²) < 4.78 is 0. The normalized spacial score (nSPS) is 19.6. The van der Waals surface area contributed by atoms with Gasteiger partial charge in [0.1, 0.15) is 0 Å². The van der Waals surface area contributed by atoms with Gasteiger partial charge in [0.15, 0.2) is 0 Å². The number of hydrogen-bond acceptors (Lipinski definition) is 2. The molecule has 0 bridgehead atoms. The zero-order valence-corrected chi connectivity index (χ0v) is 34.4. The van der Waals surface area contributed by atoms with Crippen LogP contribution in [0.25, 0.3) is 55.3 Å². The van der Waals surface area contributed by atoms with Gasteiger partial charge in [0.05, 0.1) is 5.54 Å². The van der Waals surface area contributed by atoms with Crippen LogP contribution in [0, 0.1) is 13.8 Å². The summed E-state index contributed by atoms with van der Waals surface area (Å²) in [5.74, 6) is 0. The van der Waals surface area contributed by atoms with Crippen molar-refractivity contribution >= 4 is 51.3 Å². The van der Waals surface area contributed by atoms with Crippen molar-refractivity contribution < 1.29 is 0 Å². The van der Waals surface area contributed by atoms with E-state index in [-0.39, 0.29) is 17.8 Å². The highest BCUT2D eigenvalue weighted by atomic mass is 15.3. The summed E-state index contributed by atoms with van der Waals surface area (Å²) in [5, 5.41) is 2.53. The Morgan fingerprint density at radius 3 is 1.85 bits per heavy atom. The lowest BCUT2D eigenvalue weighted by Crippen LogP contribution is -2.64. The molecule has 0 radical (unpaired) electrons. The van der Waals surface area contributed by atoms with Crippen LogP contribution in [-0.4, -0.2) is 12.4 Å². The summed E-state index contributed by atoms with van der Waals surface area (Å²) in [6, 6.07) is 62.2. The van der Waals surface area contributed by atoms with Crippen molar-refractivity contribution in [3.63, 3.8) is 0 Å². The van der Waals surface area contributed by atoms with Crippen LogP contribution in [-0.2, 0) is 5.41 Å². The molecule has 1 aliphatic carbocycles. The molecule has 3 aliphatic heterocycles. The number of rotatable bonds is 4. The van der Waals surface area contributed by atoms with Crippen LogP contribution in [0.4, 0.5) is 22.7 Å². The number of hydrogen-bond donors (Lipinski definition) is 0. The molecule has 1 fully saturated rings. The van der Waals surface area contributed by atoms with Crippen molar-refractivity contribution in [3.8, 4) is 44.5 Å². The fourth-order valence-electron chi connectivity index (χ4n) is 11.9. The van der Waals surface area contributed by atoms with Crippen LogP contribution in [0.2, 0.25) is 0 Å². The van der Waals surface area contributed by atoms with Crippen LogP contribution in [0.5, 0.6) is 0 Å². The third-order valence-corrected chi connectivity index (χ3v) is 15.0. The fourth-order valence-corrected chi connectivity index (χ4v) is 11.9. The van der Waals surface area contributed by atoms with Crippen molar-refractivity contribution in [1.82, 2.24) is 0 Å². The van der Waals surface area contributed by atoms with Gasteiger partial charge in [-0.1, -0.05) is 141 Å². The van der Waals surface area contributed by atoms with Gasteiger partial charge in [-0.15, -0.1) is 0 Å². The molecule has 2 nitrogen and oxygen atoms in total. The van der Waals surface area contributed by atoms with Gasteiger partial charge in [0.25, 0.3) is 0 Å². The molecular formula is C56H47BN2. The number of aryl methyl sites for hydroxylation is 2. The SMILES string of the molecule is Cc1cccc(C)c1-c1cc2c3c(c1)N1c4c(cc(-c5ccccc5)cc4C4(C)CCCCC14C)B3N(c1ccc(-c3ccccc3)cc1)c1cc3ccccc3cc1-2. The number of nitrogens with zero attached hydrogens (tertiary/aromatic N) is 2. The molecule has 4 aliphatic rings. The first-order valence-electron chi connectivity index (χ1n) is 21.6. The average molecular weight is 759 g/mol. The Bertz CT molecular complexity index is 2990. The molecule has 2 atom stereocenters. The van der Waals surface area contributed by atoms with E-state index >= 15 is 0 Å². The first-order valence-corrected chi connectivity index (χ1v) is 21.6. The first-order chi connectivity index (χ1) is 28.8. The fraction of sp³-hybridized carbons (Fsp3) is 0.179. The summed E-state index contributed by atoms with van der Waals surface area (Å²) in [7, 11) is 0. The molecule has 0 aromatic heterocycles. The average Bonchev–Trinajstić information content (AvgIpc) is 3.48. The van der Waals surface area contributed by atoms with E-state index in [4.69, 9.17) is 0 Å². The highest BCUT2D eigenvalue weighted by molar-refractivity contribution is 6.93. The summed E-state index contributed by atoms with van der Waals surface area (Å²) in [6.45, 7) is 9.73. The van der Waals surface area contributed by atoms with Crippen molar-refractivity contribution in [1.29, 1.82) is 0 Å². The molecule has 0 N–H and O–H groups in total. The predicted molar refractivity (Wildman–Crippen MR) is 252 cm³/mol. The predicted octanol–water partition coefficient (Wildman–Crippen LogP) is 13.4. The zero-order chi connectivity index (χ0) is 39.6. The number of fused-ring (bicyclic) bond motifs is 8. The highest BCUT2D eigenvalue weighted by Crippen LogP contribution is 2.63. The van der Waals surface area contributed by atoms with Crippen molar-refractivity contribution in [3.05, 3.63) is 180 Å². The van der Waals surface area contributed by atoms with Crippen LogP contribution in [0.1, 0.15) is 56.2 Å². The third kappa shape index (κ3) is 4.82. The van der Waals surface area contributed by atoms with E-state index in [1.807, 2.05) is 0 Å². The lowest BCUT2D eigenvalue weighted by atomic mass is 9.43. The third-order valence-electron chi connectivity index (χ3n) is 15.0. The van der Waals surface area contributed by atoms with E-state index in [0.717, 1.165) is 6.42 Å². The second kappa shape index (κ2) is 12.6. The maximum absolute atomic E-state index is 2.88. The Hall–Kier alpha value is -6.32. The molecule has 8 aromatic carbocycles. The summed E-state index contributed by atoms with van der Waals surface area (Å²) in [6.07, 6.45) is 4.85. The minimum Gasteiger partial charge on any atom is -0.376 e. The molecular weight excluding hydrogens is 711 g/mol. The lowest BCUT2D eigenvalue weighted by molar-refractivity contribution is 0.195. The van der Waals surface area contributed by atoms with Crippen molar-refractivity contribution in [2.24, 2.45) is 0 Å². The standard InChI is InChI=1S/C56H47BN2/c1-36-16-15-17-37(2)52(36)44-31-47-46-30-41-22-11-12-23-42(41)34-50(46)59(45-26-24-40(25-27-45)38-18-7-5-8-19-38)57-49-33-43(39-20-9-6-10-21-39)32-48-54(49)58(51(35-44)53(47)57)56(4)29-14-13-28-55(48,56)3/h5-12,15-27,30-35H,13-14,28-29H2,1-4H3. The molecule has 0 amide bonds. The topological polar surface area (TPSA) is 6.48 Å². The van der Waals surface area contributed by atoms with Gasteiger partial charge in [-0.25, -0.2) is 0 Å². The molecule has 284 valence electrons. The van der Waals surface area contributed by atoms with E-state index in [2.05, 4.69) is 201 Å². The number of anilines is 4. The van der Waals surface area contributed by atoms with Gasteiger partial charge in [0.2, 0.25) is 0 Å². The Morgan fingerprint density at radius 2 is 1.14 bits per heavy atom. The van der Waals surface area contributed by atoms with Crippen molar-refractivity contribution in [2.45, 2.75) is 64.3 Å². The first kappa shape index (κ1) is 34.7. The van der Waals surface area contributed by atoms with Gasteiger partial charge in [-0.2, -0.15) is 0 Å². The maximum Gasteiger partial charge on any atom is 0.333 e. The molecule has 3 heteroatoms. The number of benzene rings is 8. The maximum atomic E-state index is 2.88. The van der Waals surface area contributed by atoms with E-state index in [1.54, 1.807) is 0 Å². The molecule has 59 heavy (non-hydrogen) atoms. The largest absolute Gasteiger partial charge is 0.376 e. The van der Waals surface area contributed by atoms with Gasteiger partial charge < -0.3 is 9.71 Å². The van der Waals surface area contributed by atoms with Gasteiger partial charge in [-0.3, -0.25) is 0 Å². The van der Waals surface area contributed by atoms with Crippen LogP contribution < -0.4 is 20.6 Å². The highest BCUT2D eigenvalue weighted by Gasteiger charge is 2.62. The molecule has 8 aromatic rings. The van der Waals surface area contributed by atoms with Gasteiger partial charge >= 0.3 is 6.85 Å². The summed E-state index contributed by atoms with van der Waals surface area (Å²) in [4.78, 5) is 5.58. The van der Waals surface area contributed by atoms with Gasteiger partial charge in [-0.05, 0) is 153 Å². The Morgan fingerprint density at radius 1 is 0.508 bits per heavy atom. The molecule has 12 rings (SSSR count). The smallest absolute Gasteiger partial charge is 0.333 e. The minimum absolute atomic E-state index is 0.0151. The van der Waals surface area contributed by atoms with Crippen LogP contribution in [0.15, 0.2) is 164 Å². The molecule has 3 heterocycles. The van der Waals surface area contributed by atoms with Gasteiger partial charge in [0, 0.05) is 33.7 Å². The Kier molecular flexibility index (Phi) is 7.41. The Balaban J connectivity index is 1.22. The molecule has 0 saturated heterocycles. The van der Waals surface area contributed by atoms with Crippen molar-refractivity contribution in [2.75, 3.05) is 9.71 Å². The second-order valence-corrected chi connectivity index (χ2v) is 18.1. The summed E-state index contributed by atoms with van der Waals surface area (Å²) in [5.41, 5.74) is 22.6. The summed E-state index contributed by atoms with van der Waals surface area (Å²) >= 11 is 0. The van der Waals surface area contributed by atoms with E-state index in [9.17, 15) is 0 Å². The monoisotopic (exact) mass is 758 g/mol. The molecule has 2 unspecified atom stereocenters. The van der Waals surface area contributed by atoms with E-state index in [1.165, 1.54) is 125 Å². The lowest BCUT2D eigenvalue weighted by Gasteiger charge is -2.53. The quantitative estimate of drug-likeness (QED) is 0.165. The van der Waals surface area contributed by atoms with Crippen LogP contribution in [0.3, 0.4) is 0 Å². The van der Waals surface area contributed by atoms with Crippen LogP contribution >= 0.6 is 0 Å².